The van der Waals surface area contributed by atoms with Crippen molar-refractivity contribution in [2.24, 2.45) is 5.92 Å². The van der Waals surface area contributed by atoms with Crippen molar-refractivity contribution in [3.05, 3.63) is 0 Å². The molecule has 2 aliphatic heterocycles. The third-order valence-corrected chi connectivity index (χ3v) is 3.72. The van der Waals surface area contributed by atoms with Gasteiger partial charge in [-0.3, -0.25) is 0 Å². The van der Waals surface area contributed by atoms with E-state index < -0.39 is 5.60 Å². The average molecular weight is 266 g/mol. The molecule has 0 aliphatic carbocycles. The van der Waals surface area contributed by atoms with E-state index in [2.05, 4.69) is 6.07 Å². The van der Waals surface area contributed by atoms with Gasteiger partial charge in [0, 0.05) is 13.1 Å². The molecule has 106 valence electrons. The number of carbonyl (C=O) groups excluding carboxylic acids is 1. The Morgan fingerprint density at radius 2 is 2.05 bits per heavy atom. The first-order chi connectivity index (χ1) is 8.84. The largest absolute Gasteiger partial charge is 0.444 e. The second-order valence-electron chi connectivity index (χ2n) is 6.49. The molecular weight excluding hydrogens is 244 g/mol. The summed E-state index contributed by atoms with van der Waals surface area (Å²) in [6.07, 6.45) is 2.14. The fourth-order valence-electron chi connectivity index (χ4n) is 2.70. The zero-order chi connectivity index (χ0) is 14.1. The van der Waals surface area contributed by atoms with E-state index in [0.29, 0.717) is 19.7 Å². The molecule has 2 heterocycles. The second-order valence-corrected chi connectivity index (χ2v) is 6.49. The third-order valence-electron chi connectivity index (χ3n) is 3.72. The fraction of sp³-hybridized carbons (Fsp3) is 0.857. The lowest BCUT2D eigenvalue weighted by Gasteiger charge is -2.38. The number of carbonyl (C=O) groups is 1. The molecule has 0 unspecified atom stereocenters. The molecule has 0 N–H and O–H groups in total. The highest BCUT2D eigenvalue weighted by atomic mass is 16.6. The molecule has 2 aliphatic rings. The van der Waals surface area contributed by atoms with Crippen molar-refractivity contribution in [3.63, 3.8) is 0 Å². The summed E-state index contributed by atoms with van der Waals surface area (Å²) in [6.45, 7) is 7.43. The van der Waals surface area contributed by atoms with Gasteiger partial charge >= 0.3 is 6.09 Å². The van der Waals surface area contributed by atoms with Crippen LogP contribution in [0.15, 0.2) is 0 Å². The van der Waals surface area contributed by atoms with Crippen molar-refractivity contribution < 1.29 is 14.3 Å². The van der Waals surface area contributed by atoms with Gasteiger partial charge in [-0.2, -0.15) is 5.26 Å². The maximum atomic E-state index is 11.9. The highest BCUT2D eigenvalue weighted by Crippen LogP contribution is 2.38. The van der Waals surface area contributed by atoms with Gasteiger partial charge in [0.05, 0.1) is 24.2 Å². The number of piperidine rings is 1. The molecule has 1 atom stereocenters. The van der Waals surface area contributed by atoms with Crippen molar-refractivity contribution in [2.45, 2.75) is 51.2 Å². The van der Waals surface area contributed by atoms with Crippen molar-refractivity contribution in [1.29, 1.82) is 5.26 Å². The first-order valence-corrected chi connectivity index (χ1v) is 6.85. The second kappa shape index (κ2) is 5.01. The predicted molar refractivity (Wildman–Crippen MR) is 69.4 cm³/mol. The minimum Gasteiger partial charge on any atom is -0.444 e. The Balaban J connectivity index is 1.86. The number of likely N-dealkylation sites (tertiary alicyclic amines) is 1. The fourth-order valence-corrected chi connectivity index (χ4v) is 2.70. The summed E-state index contributed by atoms with van der Waals surface area (Å²) in [5.41, 5.74) is -0.638. The van der Waals surface area contributed by atoms with E-state index in [1.165, 1.54) is 0 Å². The average Bonchev–Trinajstić information content (AvgIpc) is 2.71. The number of nitrogens with zero attached hydrogens (tertiary/aromatic N) is 2. The molecule has 2 rings (SSSR count). The van der Waals surface area contributed by atoms with Crippen LogP contribution < -0.4 is 0 Å². The van der Waals surface area contributed by atoms with E-state index in [1.807, 2.05) is 20.8 Å². The Bertz CT molecular complexity index is 386. The van der Waals surface area contributed by atoms with Gasteiger partial charge in [-0.1, -0.05) is 0 Å². The summed E-state index contributed by atoms with van der Waals surface area (Å²) in [5, 5.41) is 8.93. The van der Waals surface area contributed by atoms with E-state index in [9.17, 15) is 4.79 Å². The van der Waals surface area contributed by atoms with Gasteiger partial charge in [-0.05, 0) is 40.0 Å². The lowest BCUT2D eigenvalue weighted by atomic mass is 9.86. The van der Waals surface area contributed by atoms with E-state index in [1.54, 1.807) is 4.90 Å². The van der Waals surface area contributed by atoms with Crippen LogP contribution in [0.4, 0.5) is 4.79 Å². The molecule has 5 heteroatoms. The Kier molecular flexibility index (Phi) is 3.73. The molecule has 0 aromatic heterocycles. The van der Waals surface area contributed by atoms with Gasteiger partial charge in [-0.15, -0.1) is 0 Å². The van der Waals surface area contributed by atoms with Crippen molar-refractivity contribution >= 4 is 6.09 Å². The van der Waals surface area contributed by atoms with Crippen LogP contribution in [0.3, 0.4) is 0 Å². The lowest BCUT2D eigenvalue weighted by molar-refractivity contribution is -0.0485. The lowest BCUT2D eigenvalue weighted by Crippen LogP contribution is -2.47. The molecule has 5 nitrogen and oxygen atoms in total. The van der Waals surface area contributed by atoms with E-state index in [4.69, 9.17) is 14.7 Å². The molecular formula is C14H22N2O3. The molecule has 0 bridgehead atoms. The first kappa shape index (κ1) is 14.1. The number of rotatable bonds is 0. The molecule has 2 saturated heterocycles. The smallest absolute Gasteiger partial charge is 0.410 e. The minimum absolute atomic E-state index is 0.00748. The van der Waals surface area contributed by atoms with E-state index in [-0.39, 0.29) is 17.6 Å². The Morgan fingerprint density at radius 3 is 2.53 bits per heavy atom. The highest BCUT2D eigenvalue weighted by Gasteiger charge is 2.43. The number of ether oxygens (including phenoxy) is 2. The van der Waals surface area contributed by atoms with Crippen LogP contribution in [0.2, 0.25) is 0 Å². The van der Waals surface area contributed by atoms with Crippen LogP contribution in [0, 0.1) is 17.2 Å². The predicted octanol–water partition coefficient (Wildman–Crippen LogP) is 2.32. The number of hydrogen-bond acceptors (Lipinski definition) is 4. The van der Waals surface area contributed by atoms with Crippen LogP contribution in [0.5, 0.6) is 0 Å². The number of hydrogen-bond donors (Lipinski definition) is 0. The molecule has 19 heavy (non-hydrogen) atoms. The molecule has 0 aromatic rings. The van der Waals surface area contributed by atoms with Gasteiger partial charge in [0.1, 0.15) is 5.60 Å². The maximum absolute atomic E-state index is 11.9. The molecule has 0 saturated carbocycles. The summed E-state index contributed by atoms with van der Waals surface area (Å²) in [7, 11) is 0. The summed E-state index contributed by atoms with van der Waals surface area (Å²) in [6, 6.07) is 2.27. The maximum Gasteiger partial charge on any atom is 0.410 e. The number of nitriles is 1. The third kappa shape index (κ3) is 3.38. The van der Waals surface area contributed by atoms with Gasteiger partial charge in [-0.25, -0.2) is 4.79 Å². The zero-order valence-electron chi connectivity index (χ0n) is 11.9. The molecule has 2 fully saturated rings. The standard InChI is InChI=1S/C14H22N2O3/c1-13(2,3)19-12(17)16-6-4-14(5-7-16)8-11(9-15)10-18-14/h11H,4-8,10H2,1-3H3/t11-/m1/s1. The Hall–Kier alpha value is -1.28. The molecule has 1 amide bonds. The van der Waals surface area contributed by atoms with Crippen LogP contribution in [0.25, 0.3) is 0 Å². The molecule has 1 spiro atoms. The molecule has 0 radical (unpaired) electrons. The molecule has 0 aromatic carbocycles. The van der Waals surface area contributed by atoms with Crippen molar-refractivity contribution in [1.82, 2.24) is 4.90 Å². The monoisotopic (exact) mass is 266 g/mol. The topological polar surface area (TPSA) is 62.6 Å². The Morgan fingerprint density at radius 1 is 1.42 bits per heavy atom. The van der Waals surface area contributed by atoms with Crippen LogP contribution >= 0.6 is 0 Å². The normalized spacial score (nSPS) is 26.2. The van der Waals surface area contributed by atoms with Crippen molar-refractivity contribution in [3.8, 4) is 6.07 Å². The minimum atomic E-state index is -0.456. The van der Waals surface area contributed by atoms with Crippen LogP contribution in [-0.4, -0.2) is 41.9 Å². The first-order valence-electron chi connectivity index (χ1n) is 6.85. The summed E-state index contributed by atoms with van der Waals surface area (Å²) >= 11 is 0. The van der Waals surface area contributed by atoms with E-state index >= 15 is 0 Å². The number of amides is 1. The van der Waals surface area contributed by atoms with E-state index in [0.717, 1.165) is 19.3 Å². The van der Waals surface area contributed by atoms with Gasteiger partial charge in [0.25, 0.3) is 0 Å². The van der Waals surface area contributed by atoms with Gasteiger partial charge < -0.3 is 14.4 Å². The summed E-state index contributed by atoms with van der Waals surface area (Å²) in [5.74, 6) is 0.00748. The summed E-state index contributed by atoms with van der Waals surface area (Å²) < 4.78 is 11.2. The summed E-state index contributed by atoms with van der Waals surface area (Å²) in [4.78, 5) is 13.7. The Labute approximate surface area is 114 Å². The van der Waals surface area contributed by atoms with Gasteiger partial charge in [0.2, 0.25) is 0 Å². The SMILES string of the molecule is CC(C)(C)OC(=O)N1CCC2(CC1)C[C@H](C#N)CO2. The van der Waals surface area contributed by atoms with Crippen LogP contribution in [0.1, 0.15) is 40.0 Å². The van der Waals surface area contributed by atoms with Crippen molar-refractivity contribution in [2.75, 3.05) is 19.7 Å². The van der Waals surface area contributed by atoms with Crippen LogP contribution in [-0.2, 0) is 9.47 Å². The quantitative estimate of drug-likeness (QED) is 0.675. The van der Waals surface area contributed by atoms with Gasteiger partial charge in [0.15, 0.2) is 0 Å². The highest BCUT2D eigenvalue weighted by molar-refractivity contribution is 5.68. The zero-order valence-corrected chi connectivity index (χ0v) is 11.9.